The third-order valence-electron chi connectivity index (χ3n) is 5.75. The van der Waals surface area contributed by atoms with Gasteiger partial charge in [0, 0.05) is 29.8 Å². The summed E-state index contributed by atoms with van der Waals surface area (Å²) >= 11 is 0. The Bertz CT molecular complexity index is 1210. The lowest BCUT2D eigenvalue weighted by molar-refractivity contribution is -0.131. The molecular weight excluding hydrogens is 440 g/mol. The molecule has 0 spiro atoms. The van der Waals surface area contributed by atoms with Crippen LogP contribution < -0.4 is 10.6 Å². The number of nitrogens with zero attached hydrogens (tertiary/aromatic N) is 2. The van der Waals surface area contributed by atoms with E-state index in [1.165, 1.54) is 0 Å². The summed E-state index contributed by atoms with van der Waals surface area (Å²) in [4.78, 5) is 30.9. The Kier molecular flexibility index (Phi) is 7.35. The number of hydrogen-bond donors (Lipinski definition) is 2. The van der Waals surface area contributed by atoms with Gasteiger partial charge in [0.15, 0.2) is 0 Å². The van der Waals surface area contributed by atoms with Gasteiger partial charge in [-0.25, -0.2) is 0 Å². The Morgan fingerprint density at radius 2 is 1.83 bits per heavy atom. The van der Waals surface area contributed by atoms with Crippen LogP contribution in [0.2, 0.25) is 0 Å². The molecular formula is C28H34N4O3. The average molecular weight is 475 g/mol. The van der Waals surface area contributed by atoms with Crippen LogP contribution in [0.3, 0.4) is 0 Å². The first-order chi connectivity index (χ1) is 16.3. The smallest absolute Gasteiger partial charge is 0.264 e. The summed E-state index contributed by atoms with van der Waals surface area (Å²) in [5, 5.41) is 19.4. The number of anilines is 1. The van der Waals surface area contributed by atoms with Gasteiger partial charge in [-0.3, -0.25) is 9.59 Å². The number of benzene rings is 2. The summed E-state index contributed by atoms with van der Waals surface area (Å²) in [6.07, 6.45) is -0.317. The number of aryl methyl sites for hydroxylation is 1. The molecule has 0 aliphatic carbocycles. The van der Waals surface area contributed by atoms with E-state index in [9.17, 15) is 14.9 Å². The van der Waals surface area contributed by atoms with Crippen molar-refractivity contribution in [2.45, 2.75) is 66.4 Å². The maximum absolute atomic E-state index is 13.0. The molecule has 184 valence electrons. The minimum absolute atomic E-state index is 0.0263. The maximum Gasteiger partial charge on any atom is 0.264 e. The molecule has 2 aromatic rings. The molecule has 0 aromatic heterocycles. The lowest BCUT2D eigenvalue weighted by Gasteiger charge is -2.20. The predicted molar refractivity (Wildman–Crippen MR) is 137 cm³/mol. The minimum atomic E-state index is -0.672. The Hall–Kier alpha value is -3.66. The first kappa shape index (κ1) is 26.0. The summed E-state index contributed by atoms with van der Waals surface area (Å²) in [6, 6.07) is 12.9. The largest absolute Gasteiger partial charge is 0.382 e. The Labute approximate surface area is 207 Å². The highest BCUT2D eigenvalue weighted by atomic mass is 16.6. The van der Waals surface area contributed by atoms with E-state index in [-0.39, 0.29) is 22.6 Å². The van der Waals surface area contributed by atoms with E-state index < -0.39 is 6.10 Å². The highest BCUT2D eigenvalue weighted by molar-refractivity contribution is 6.08. The fourth-order valence-corrected chi connectivity index (χ4v) is 3.61. The van der Waals surface area contributed by atoms with Crippen LogP contribution in [-0.4, -0.2) is 30.2 Å². The van der Waals surface area contributed by atoms with E-state index in [2.05, 4.69) is 21.9 Å². The van der Waals surface area contributed by atoms with E-state index >= 15 is 0 Å². The number of carbonyl (C=O) groups is 2. The fraction of sp³-hybridized carbons (Fsp3) is 0.429. The van der Waals surface area contributed by atoms with Gasteiger partial charge in [0.2, 0.25) is 6.10 Å². The van der Waals surface area contributed by atoms with E-state index in [1.54, 1.807) is 6.07 Å². The third-order valence-corrected chi connectivity index (χ3v) is 5.75. The van der Waals surface area contributed by atoms with Crippen molar-refractivity contribution in [3.8, 4) is 6.07 Å². The zero-order valence-corrected chi connectivity index (χ0v) is 21.6. The topological polar surface area (TPSA) is 104 Å². The van der Waals surface area contributed by atoms with E-state index in [1.807, 2.05) is 78.8 Å². The second kappa shape index (κ2) is 9.91. The molecule has 0 bridgehead atoms. The summed E-state index contributed by atoms with van der Waals surface area (Å²) < 4.78 is 0. The van der Waals surface area contributed by atoms with Crippen LogP contribution >= 0.6 is 0 Å². The average Bonchev–Trinajstić information content (AvgIpc) is 3.27. The van der Waals surface area contributed by atoms with Gasteiger partial charge >= 0.3 is 0 Å². The van der Waals surface area contributed by atoms with Crippen LogP contribution in [0.15, 0.2) is 41.6 Å². The van der Waals surface area contributed by atoms with Gasteiger partial charge in [0.05, 0.1) is 17.3 Å². The molecule has 2 aromatic carbocycles. The van der Waals surface area contributed by atoms with Gasteiger partial charge in [0.25, 0.3) is 11.8 Å². The normalized spacial score (nSPS) is 15.6. The molecule has 1 heterocycles. The zero-order chi connectivity index (χ0) is 26.0. The van der Waals surface area contributed by atoms with Gasteiger partial charge < -0.3 is 15.5 Å². The number of rotatable bonds is 5. The molecule has 0 radical (unpaired) electrons. The van der Waals surface area contributed by atoms with E-state index in [4.69, 9.17) is 4.84 Å². The van der Waals surface area contributed by atoms with Crippen LogP contribution in [0, 0.1) is 23.7 Å². The second-order valence-electron chi connectivity index (χ2n) is 11.3. The summed E-state index contributed by atoms with van der Waals surface area (Å²) in [5.74, 6) is -0.487. The van der Waals surface area contributed by atoms with Crippen molar-refractivity contribution in [1.82, 2.24) is 5.32 Å². The van der Waals surface area contributed by atoms with Crippen LogP contribution in [0.1, 0.15) is 80.6 Å². The molecule has 2 N–H and O–H groups in total. The summed E-state index contributed by atoms with van der Waals surface area (Å²) in [6.45, 7) is 14.8. The monoisotopic (exact) mass is 474 g/mol. The molecule has 3 rings (SSSR count). The van der Waals surface area contributed by atoms with Crippen molar-refractivity contribution < 1.29 is 14.4 Å². The van der Waals surface area contributed by atoms with Crippen LogP contribution in [0.4, 0.5) is 5.69 Å². The molecule has 2 amide bonds. The Morgan fingerprint density at radius 3 is 2.46 bits per heavy atom. The Balaban J connectivity index is 1.76. The molecule has 7 nitrogen and oxygen atoms in total. The predicted octanol–water partition coefficient (Wildman–Crippen LogP) is 5.07. The number of oxime groups is 1. The zero-order valence-electron chi connectivity index (χ0n) is 21.6. The molecule has 0 saturated heterocycles. The second-order valence-corrected chi connectivity index (χ2v) is 11.3. The highest BCUT2D eigenvalue weighted by Crippen LogP contribution is 2.26. The van der Waals surface area contributed by atoms with Crippen LogP contribution in [0.5, 0.6) is 0 Å². The highest BCUT2D eigenvalue weighted by Gasteiger charge is 2.30. The van der Waals surface area contributed by atoms with Crippen molar-refractivity contribution in [2.24, 2.45) is 10.6 Å². The van der Waals surface area contributed by atoms with E-state index in [0.29, 0.717) is 35.5 Å². The molecule has 1 aliphatic heterocycles. The molecule has 1 aliphatic rings. The standard InChI is InChI=1S/C28H34N4O3/c1-17-8-9-21(31-25(33)19-10-18(15-29)11-20(12-19)28(5,6)7)13-22(17)23-14-24(35-32-23)26(34)30-16-27(2,3)4/h8-13,24H,14,16H2,1-7H3,(H,30,34)(H,31,33). The number of hydrogen-bond acceptors (Lipinski definition) is 5. The van der Waals surface area contributed by atoms with Gasteiger partial charge in [0.1, 0.15) is 0 Å². The third kappa shape index (κ3) is 6.69. The maximum atomic E-state index is 13.0. The van der Waals surface area contributed by atoms with E-state index in [0.717, 1.165) is 16.7 Å². The summed E-state index contributed by atoms with van der Waals surface area (Å²) in [5.41, 5.74) is 4.59. The number of nitrogens with one attached hydrogen (secondary N) is 2. The molecule has 0 saturated carbocycles. The quantitative estimate of drug-likeness (QED) is 0.631. The number of nitriles is 1. The molecule has 1 atom stereocenters. The van der Waals surface area contributed by atoms with Crippen molar-refractivity contribution in [3.05, 3.63) is 64.2 Å². The lowest BCUT2D eigenvalue weighted by Crippen LogP contribution is -2.39. The van der Waals surface area contributed by atoms with Gasteiger partial charge in [-0.1, -0.05) is 52.8 Å². The molecule has 0 fully saturated rings. The lowest BCUT2D eigenvalue weighted by atomic mass is 9.85. The van der Waals surface area contributed by atoms with Gasteiger partial charge in [-0.05, 0) is 59.2 Å². The van der Waals surface area contributed by atoms with Crippen LogP contribution in [0.25, 0.3) is 0 Å². The van der Waals surface area contributed by atoms with Crippen molar-refractivity contribution in [3.63, 3.8) is 0 Å². The molecule has 1 unspecified atom stereocenters. The first-order valence-electron chi connectivity index (χ1n) is 11.8. The van der Waals surface area contributed by atoms with Gasteiger partial charge in [-0.15, -0.1) is 0 Å². The molecule has 35 heavy (non-hydrogen) atoms. The minimum Gasteiger partial charge on any atom is -0.382 e. The number of carbonyl (C=O) groups excluding carboxylic acids is 2. The van der Waals surface area contributed by atoms with Crippen molar-refractivity contribution >= 4 is 23.2 Å². The van der Waals surface area contributed by atoms with Crippen molar-refractivity contribution in [2.75, 3.05) is 11.9 Å². The van der Waals surface area contributed by atoms with Crippen molar-refractivity contribution in [1.29, 1.82) is 5.26 Å². The number of amides is 2. The van der Waals surface area contributed by atoms with Crippen LogP contribution in [-0.2, 0) is 15.0 Å². The SMILES string of the molecule is Cc1ccc(NC(=O)c2cc(C#N)cc(C(C)(C)C)c2)cc1C1=NOC(C(=O)NCC(C)(C)C)C1. The van der Waals surface area contributed by atoms with Gasteiger partial charge in [-0.2, -0.15) is 5.26 Å². The Morgan fingerprint density at radius 1 is 1.11 bits per heavy atom. The summed E-state index contributed by atoms with van der Waals surface area (Å²) in [7, 11) is 0. The first-order valence-corrected chi connectivity index (χ1v) is 11.8. The fourth-order valence-electron chi connectivity index (χ4n) is 3.61. The molecule has 7 heteroatoms.